The first-order chi connectivity index (χ1) is 20.3. The van der Waals surface area contributed by atoms with Gasteiger partial charge < -0.3 is 4.90 Å². The number of rotatable bonds is 6. The Morgan fingerprint density at radius 3 is 1.27 bits per heavy atom. The van der Waals surface area contributed by atoms with Crippen molar-refractivity contribution < 1.29 is 0 Å². The summed E-state index contributed by atoms with van der Waals surface area (Å²) < 4.78 is 0. The maximum absolute atomic E-state index is 2.31. The minimum absolute atomic E-state index is 1.12. The van der Waals surface area contributed by atoms with Crippen LogP contribution < -0.4 is 4.90 Å². The van der Waals surface area contributed by atoms with Crippen molar-refractivity contribution in [3.63, 3.8) is 0 Å². The van der Waals surface area contributed by atoms with Crippen LogP contribution in [0.15, 0.2) is 176 Å². The van der Waals surface area contributed by atoms with E-state index in [1.807, 2.05) is 0 Å². The quantitative estimate of drug-likeness (QED) is 0.209. The summed E-state index contributed by atoms with van der Waals surface area (Å²) in [7, 11) is 0. The molecule has 0 saturated heterocycles. The Morgan fingerprint density at radius 1 is 0.244 bits per heavy atom. The molecule has 41 heavy (non-hydrogen) atoms. The van der Waals surface area contributed by atoms with E-state index < -0.39 is 0 Å². The molecule has 0 aliphatic carbocycles. The lowest BCUT2D eigenvalue weighted by molar-refractivity contribution is 1.28. The molecule has 1 nitrogen and oxygen atoms in total. The topological polar surface area (TPSA) is 3.24 Å². The van der Waals surface area contributed by atoms with Crippen molar-refractivity contribution in [2.45, 2.75) is 0 Å². The number of nitrogens with zero attached hydrogens (tertiary/aromatic N) is 1. The van der Waals surface area contributed by atoms with Gasteiger partial charge in [0.15, 0.2) is 0 Å². The van der Waals surface area contributed by atoms with Crippen molar-refractivity contribution in [1.82, 2.24) is 0 Å². The molecular formula is C40H29N. The predicted octanol–water partition coefficient (Wildman–Crippen LogP) is 11.3. The number of para-hydroxylation sites is 1. The normalized spacial score (nSPS) is 10.9. The van der Waals surface area contributed by atoms with Crippen molar-refractivity contribution in [3.8, 4) is 33.4 Å². The maximum Gasteiger partial charge on any atom is 0.0462 e. The molecule has 7 aromatic rings. The Bertz CT molecular complexity index is 1910. The van der Waals surface area contributed by atoms with E-state index in [0.717, 1.165) is 17.1 Å². The monoisotopic (exact) mass is 523 g/mol. The molecule has 0 aromatic heterocycles. The zero-order valence-corrected chi connectivity index (χ0v) is 22.7. The van der Waals surface area contributed by atoms with Gasteiger partial charge in [-0.2, -0.15) is 0 Å². The molecule has 0 saturated carbocycles. The second-order valence-corrected chi connectivity index (χ2v) is 10.3. The smallest absolute Gasteiger partial charge is 0.0462 e. The Morgan fingerprint density at radius 2 is 0.659 bits per heavy atom. The highest BCUT2D eigenvalue weighted by Gasteiger charge is 2.13. The Labute approximate surface area is 241 Å². The third kappa shape index (κ3) is 5.14. The van der Waals surface area contributed by atoms with Crippen LogP contribution in [0.2, 0.25) is 0 Å². The van der Waals surface area contributed by atoms with Gasteiger partial charge in [0.25, 0.3) is 0 Å². The molecule has 0 aliphatic rings. The second-order valence-electron chi connectivity index (χ2n) is 10.3. The summed E-state index contributed by atoms with van der Waals surface area (Å²) >= 11 is 0. The van der Waals surface area contributed by atoms with Gasteiger partial charge in [-0.15, -0.1) is 0 Å². The third-order valence-electron chi connectivity index (χ3n) is 7.65. The van der Waals surface area contributed by atoms with E-state index in [1.54, 1.807) is 0 Å². The predicted molar refractivity (Wildman–Crippen MR) is 175 cm³/mol. The van der Waals surface area contributed by atoms with Crippen LogP contribution in [0.3, 0.4) is 0 Å². The average molecular weight is 524 g/mol. The van der Waals surface area contributed by atoms with Crippen LogP contribution in [0.1, 0.15) is 0 Å². The molecule has 0 aliphatic heterocycles. The molecule has 0 radical (unpaired) electrons. The van der Waals surface area contributed by atoms with Crippen molar-refractivity contribution in [2.75, 3.05) is 4.90 Å². The molecule has 0 atom stereocenters. The standard InChI is InChI=1S/C40H29N/c1-3-10-30(11-4-1)35-14-9-15-36(28-35)32-20-24-39(25-21-32)41(38-16-5-2-6-17-38)40-26-22-33(23-27-40)37-19-18-31-12-7-8-13-34(31)29-37/h1-29H. The number of anilines is 3. The lowest BCUT2D eigenvalue weighted by Gasteiger charge is -2.26. The lowest BCUT2D eigenvalue weighted by atomic mass is 9.99. The van der Waals surface area contributed by atoms with Crippen molar-refractivity contribution >= 4 is 27.8 Å². The van der Waals surface area contributed by atoms with Crippen molar-refractivity contribution in [1.29, 1.82) is 0 Å². The molecule has 0 unspecified atom stereocenters. The van der Waals surface area contributed by atoms with E-state index >= 15 is 0 Å². The Hall–Kier alpha value is -5.40. The summed E-state index contributed by atoms with van der Waals surface area (Å²) in [5, 5.41) is 2.52. The van der Waals surface area contributed by atoms with Gasteiger partial charge in [0.2, 0.25) is 0 Å². The van der Waals surface area contributed by atoms with Crippen LogP contribution >= 0.6 is 0 Å². The summed E-state index contributed by atoms with van der Waals surface area (Å²) in [5.74, 6) is 0. The fraction of sp³-hybridized carbons (Fsp3) is 0. The first-order valence-corrected chi connectivity index (χ1v) is 14.0. The number of benzene rings is 7. The molecule has 0 amide bonds. The number of hydrogen-bond acceptors (Lipinski definition) is 1. The summed E-state index contributed by atoms with van der Waals surface area (Å²) in [6, 6.07) is 62.8. The molecule has 0 heterocycles. The van der Waals surface area contributed by atoms with Crippen LogP contribution in [0.5, 0.6) is 0 Å². The molecule has 7 aromatic carbocycles. The second kappa shape index (κ2) is 11.0. The summed E-state index contributed by atoms with van der Waals surface area (Å²) in [5.41, 5.74) is 10.7. The largest absolute Gasteiger partial charge is 0.311 e. The van der Waals surface area contributed by atoms with Crippen LogP contribution in [-0.2, 0) is 0 Å². The van der Waals surface area contributed by atoms with E-state index in [0.29, 0.717) is 0 Å². The molecule has 7 rings (SSSR count). The minimum Gasteiger partial charge on any atom is -0.311 e. The van der Waals surface area contributed by atoms with Gasteiger partial charge in [-0.3, -0.25) is 0 Å². The zero-order chi connectivity index (χ0) is 27.4. The van der Waals surface area contributed by atoms with E-state index in [1.165, 1.54) is 44.2 Å². The molecule has 0 fully saturated rings. The maximum atomic E-state index is 2.31. The number of fused-ring (bicyclic) bond motifs is 1. The highest BCUT2D eigenvalue weighted by molar-refractivity contribution is 5.88. The Kier molecular flexibility index (Phi) is 6.61. The van der Waals surface area contributed by atoms with Crippen LogP contribution in [0.25, 0.3) is 44.2 Å². The van der Waals surface area contributed by atoms with Gasteiger partial charge >= 0.3 is 0 Å². The summed E-state index contributed by atoms with van der Waals surface area (Å²) in [6.45, 7) is 0. The van der Waals surface area contributed by atoms with E-state index in [-0.39, 0.29) is 0 Å². The summed E-state index contributed by atoms with van der Waals surface area (Å²) in [6.07, 6.45) is 0. The van der Waals surface area contributed by atoms with Crippen LogP contribution in [-0.4, -0.2) is 0 Å². The molecule has 1 heteroatoms. The highest BCUT2D eigenvalue weighted by atomic mass is 15.1. The fourth-order valence-corrected chi connectivity index (χ4v) is 5.51. The number of hydrogen-bond donors (Lipinski definition) is 0. The van der Waals surface area contributed by atoms with E-state index in [9.17, 15) is 0 Å². The van der Waals surface area contributed by atoms with Gasteiger partial charge in [-0.1, -0.05) is 127 Å². The lowest BCUT2D eigenvalue weighted by Crippen LogP contribution is -2.09. The summed E-state index contributed by atoms with van der Waals surface area (Å²) in [4.78, 5) is 2.31. The van der Waals surface area contributed by atoms with Crippen LogP contribution in [0, 0.1) is 0 Å². The van der Waals surface area contributed by atoms with E-state index in [2.05, 4.69) is 181 Å². The molecule has 0 bridgehead atoms. The first kappa shape index (κ1) is 24.6. The van der Waals surface area contributed by atoms with Gasteiger partial charge in [-0.25, -0.2) is 0 Å². The van der Waals surface area contributed by atoms with Crippen molar-refractivity contribution in [3.05, 3.63) is 176 Å². The van der Waals surface area contributed by atoms with Gasteiger partial charge in [0.05, 0.1) is 0 Å². The molecular weight excluding hydrogens is 494 g/mol. The van der Waals surface area contributed by atoms with Crippen LogP contribution in [0.4, 0.5) is 17.1 Å². The molecule has 0 N–H and O–H groups in total. The average Bonchev–Trinajstić information content (AvgIpc) is 3.06. The zero-order valence-electron chi connectivity index (χ0n) is 22.7. The van der Waals surface area contributed by atoms with Gasteiger partial charge in [0.1, 0.15) is 0 Å². The van der Waals surface area contributed by atoms with E-state index in [4.69, 9.17) is 0 Å². The molecule has 194 valence electrons. The highest BCUT2D eigenvalue weighted by Crippen LogP contribution is 2.37. The third-order valence-corrected chi connectivity index (χ3v) is 7.65. The van der Waals surface area contributed by atoms with Gasteiger partial charge in [0, 0.05) is 17.1 Å². The van der Waals surface area contributed by atoms with Crippen molar-refractivity contribution in [2.24, 2.45) is 0 Å². The fourth-order valence-electron chi connectivity index (χ4n) is 5.51. The molecule has 0 spiro atoms. The van der Waals surface area contributed by atoms with Gasteiger partial charge in [-0.05, 0) is 92.7 Å². The SMILES string of the molecule is c1ccc(-c2cccc(-c3ccc(N(c4ccccc4)c4ccc(-c5ccc6ccccc6c5)cc4)cc3)c2)cc1. The first-order valence-electron chi connectivity index (χ1n) is 14.0. The Balaban J connectivity index is 1.22. The minimum atomic E-state index is 1.12.